The highest BCUT2D eigenvalue weighted by molar-refractivity contribution is 7.18. The molecule has 0 spiro atoms. The van der Waals surface area contributed by atoms with Gasteiger partial charge in [0.05, 0.1) is 15.2 Å². The zero-order valence-corrected chi connectivity index (χ0v) is 9.27. The SMILES string of the molecule is CCc1nc2ccc(C(C)N)cc2s1. The van der Waals surface area contributed by atoms with Gasteiger partial charge in [0.25, 0.3) is 0 Å². The van der Waals surface area contributed by atoms with E-state index in [1.54, 1.807) is 11.3 Å². The van der Waals surface area contributed by atoms with Gasteiger partial charge in [0.2, 0.25) is 0 Å². The van der Waals surface area contributed by atoms with Crippen molar-refractivity contribution in [3.05, 3.63) is 28.8 Å². The lowest BCUT2D eigenvalue weighted by atomic mass is 10.1. The van der Waals surface area contributed by atoms with Crippen LogP contribution in [0.4, 0.5) is 0 Å². The predicted molar refractivity (Wildman–Crippen MR) is 61.6 cm³/mol. The van der Waals surface area contributed by atoms with E-state index >= 15 is 0 Å². The third-order valence-electron chi connectivity index (χ3n) is 2.29. The first-order valence-electron chi connectivity index (χ1n) is 4.85. The van der Waals surface area contributed by atoms with Gasteiger partial charge < -0.3 is 5.73 Å². The molecule has 2 nitrogen and oxygen atoms in total. The quantitative estimate of drug-likeness (QED) is 0.820. The Morgan fingerprint density at radius 3 is 2.93 bits per heavy atom. The number of hydrogen-bond donors (Lipinski definition) is 1. The van der Waals surface area contributed by atoms with Crippen LogP contribution < -0.4 is 5.73 Å². The van der Waals surface area contributed by atoms with Crippen molar-refractivity contribution < 1.29 is 0 Å². The molecule has 0 radical (unpaired) electrons. The second-order valence-electron chi connectivity index (χ2n) is 3.48. The van der Waals surface area contributed by atoms with Crippen molar-refractivity contribution in [3.8, 4) is 0 Å². The summed E-state index contributed by atoms with van der Waals surface area (Å²) in [4.78, 5) is 4.51. The van der Waals surface area contributed by atoms with Gasteiger partial charge in [-0.1, -0.05) is 13.0 Å². The maximum absolute atomic E-state index is 5.83. The zero-order chi connectivity index (χ0) is 10.1. The van der Waals surface area contributed by atoms with E-state index in [9.17, 15) is 0 Å². The summed E-state index contributed by atoms with van der Waals surface area (Å²) >= 11 is 1.76. The number of benzene rings is 1. The number of aromatic nitrogens is 1. The van der Waals surface area contributed by atoms with Gasteiger partial charge in [-0.2, -0.15) is 0 Å². The molecule has 0 aliphatic heterocycles. The third kappa shape index (κ3) is 1.65. The second kappa shape index (κ2) is 3.67. The molecule has 2 aromatic rings. The van der Waals surface area contributed by atoms with Crippen molar-refractivity contribution >= 4 is 21.6 Å². The van der Waals surface area contributed by atoms with Crippen LogP contribution in [0.2, 0.25) is 0 Å². The molecule has 1 aromatic carbocycles. The smallest absolute Gasteiger partial charge is 0.0935 e. The molecule has 1 unspecified atom stereocenters. The number of fused-ring (bicyclic) bond motifs is 1. The summed E-state index contributed by atoms with van der Waals surface area (Å²) < 4.78 is 1.25. The number of aryl methyl sites for hydroxylation is 1. The number of nitrogens with two attached hydrogens (primary N) is 1. The maximum atomic E-state index is 5.83. The minimum atomic E-state index is 0.103. The first-order chi connectivity index (χ1) is 6.70. The molecule has 14 heavy (non-hydrogen) atoms. The lowest BCUT2D eigenvalue weighted by Gasteiger charge is -2.03. The Kier molecular flexibility index (Phi) is 2.52. The Hall–Kier alpha value is -0.930. The van der Waals surface area contributed by atoms with Crippen molar-refractivity contribution in [1.29, 1.82) is 0 Å². The van der Waals surface area contributed by atoms with Gasteiger partial charge in [-0.05, 0) is 31.0 Å². The lowest BCUT2D eigenvalue weighted by molar-refractivity contribution is 0.820. The molecule has 74 valence electrons. The van der Waals surface area contributed by atoms with Crippen molar-refractivity contribution in [1.82, 2.24) is 4.98 Å². The molecular weight excluding hydrogens is 192 g/mol. The molecular formula is C11H14N2S. The normalized spacial score (nSPS) is 13.4. The average molecular weight is 206 g/mol. The molecule has 0 fully saturated rings. The summed E-state index contributed by atoms with van der Waals surface area (Å²) in [6.07, 6.45) is 1.01. The molecule has 1 atom stereocenters. The number of rotatable bonds is 2. The predicted octanol–water partition coefficient (Wildman–Crippen LogP) is 2.88. The fourth-order valence-electron chi connectivity index (χ4n) is 1.42. The Balaban J connectivity index is 2.54. The molecule has 2 N–H and O–H groups in total. The highest BCUT2D eigenvalue weighted by Gasteiger charge is 2.05. The summed E-state index contributed by atoms with van der Waals surface area (Å²) in [5, 5.41) is 1.20. The summed E-state index contributed by atoms with van der Waals surface area (Å²) in [6, 6.07) is 6.37. The number of hydrogen-bond acceptors (Lipinski definition) is 3. The minimum absolute atomic E-state index is 0.103. The van der Waals surface area contributed by atoms with Crippen LogP contribution in [-0.2, 0) is 6.42 Å². The Morgan fingerprint density at radius 2 is 2.29 bits per heavy atom. The molecule has 0 aliphatic rings. The molecule has 1 aromatic heterocycles. The van der Waals surface area contributed by atoms with Crippen LogP contribution in [0.15, 0.2) is 18.2 Å². The topological polar surface area (TPSA) is 38.9 Å². The molecule has 0 bridgehead atoms. The van der Waals surface area contributed by atoms with Crippen LogP contribution in [-0.4, -0.2) is 4.98 Å². The maximum Gasteiger partial charge on any atom is 0.0935 e. The first kappa shape index (κ1) is 9.62. The fourth-order valence-corrected chi connectivity index (χ4v) is 2.38. The van der Waals surface area contributed by atoms with E-state index in [0.717, 1.165) is 11.9 Å². The Labute approximate surface area is 87.8 Å². The van der Waals surface area contributed by atoms with Gasteiger partial charge in [-0.25, -0.2) is 4.98 Å². The number of nitrogens with zero attached hydrogens (tertiary/aromatic N) is 1. The van der Waals surface area contributed by atoms with Gasteiger partial charge in [-0.15, -0.1) is 11.3 Å². The second-order valence-corrected chi connectivity index (χ2v) is 4.59. The van der Waals surface area contributed by atoms with Crippen LogP contribution in [0.1, 0.15) is 30.5 Å². The van der Waals surface area contributed by atoms with E-state index < -0.39 is 0 Å². The van der Waals surface area contributed by atoms with Crippen molar-refractivity contribution in [2.24, 2.45) is 5.73 Å². The van der Waals surface area contributed by atoms with Gasteiger partial charge in [0, 0.05) is 6.04 Å². The molecule has 0 saturated carbocycles. The summed E-state index contributed by atoms with van der Waals surface area (Å²) in [7, 11) is 0. The van der Waals surface area contributed by atoms with Crippen LogP contribution in [0, 0.1) is 0 Å². The number of thiazole rings is 1. The van der Waals surface area contributed by atoms with Crippen LogP contribution >= 0.6 is 11.3 Å². The van der Waals surface area contributed by atoms with Crippen molar-refractivity contribution in [2.45, 2.75) is 26.3 Å². The van der Waals surface area contributed by atoms with E-state index in [-0.39, 0.29) is 6.04 Å². The van der Waals surface area contributed by atoms with E-state index in [1.165, 1.54) is 15.3 Å². The minimum Gasteiger partial charge on any atom is -0.324 e. The van der Waals surface area contributed by atoms with Gasteiger partial charge in [0.15, 0.2) is 0 Å². The zero-order valence-electron chi connectivity index (χ0n) is 8.45. The van der Waals surface area contributed by atoms with Crippen molar-refractivity contribution in [2.75, 3.05) is 0 Å². The van der Waals surface area contributed by atoms with E-state index in [0.29, 0.717) is 0 Å². The largest absolute Gasteiger partial charge is 0.324 e. The molecule has 2 rings (SSSR count). The van der Waals surface area contributed by atoms with Crippen molar-refractivity contribution in [3.63, 3.8) is 0 Å². The van der Waals surface area contributed by atoms with E-state index in [2.05, 4.69) is 30.1 Å². The van der Waals surface area contributed by atoms with Gasteiger partial charge in [0.1, 0.15) is 0 Å². The molecule has 1 heterocycles. The fraction of sp³-hybridized carbons (Fsp3) is 0.364. The third-order valence-corrected chi connectivity index (χ3v) is 3.45. The van der Waals surface area contributed by atoms with Gasteiger partial charge >= 0.3 is 0 Å². The molecule has 0 amide bonds. The highest BCUT2D eigenvalue weighted by Crippen LogP contribution is 2.25. The Morgan fingerprint density at radius 1 is 1.50 bits per heavy atom. The monoisotopic (exact) mass is 206 g/mol. The van der Waals surface area contributed by atoms with Crippen LogP contribution in [0.3, 0.4) is 0 Å². The summed E-state index contributed by atoms with van der Waals surface area (Å²) in [6.45, 7) is 4.13. The molecule has 3 heteroatoms. The lowest BCUT2D eigenvalue weighted by Crippen LogP contribution is -2.03. The molecule has 0 aliphatic carbocycles. The van der Waals surface area contributed by atoms with Gasteiger partial charge in [-0.3, -0.25) is 0 Å². The highest BCUT2D eigenvalue weighted by atomic mass is 32.1. The van der Waals surface area contributed by atoms with E-state index in [4.69, 9.17) is 5.73 Å². The molecule has 0 saturated heterocycles. The van der Waals surface area contributed by atoms with Crippen LogP contribution in [0.5, 0.6) is 0 Å². The summed E-state index contributed by atoms with van der Waals surface area (Å²) in [5.74, 6) is 0. The Bertz CT molecular complexity index is 445. The summed E-state index contributed by atoms with van der Waals surface area (Å²) in [5.41, 5.74) is 8.11. The average Bonchev–Trinajstić information content (AvgIpc) is 2.58. The van der Waals surface area contributed by atoms with Crippen LogP contribution in [0.25, 0.3) is 10.2 Å². The van der Waals surface area contributed by atoms with E-state index in [1.807, 2.05) is 6.92 Å². The standard InChI is InChI=1S/C11H14N2S/c1-3-11-13-9-5-4-8(7(2)12)6-10(9)14-11/h4-7H,3,12H2,1-2H3. The first-order valence-corrected chi connectivity index (χ1v) is 5.67.